The van der Waals surface area contributed by atoms with Crippen molar-refractivity contribution in [3.63, 3.8) is 0 Å². The third kappa shape index (κ3) is 5.75. The molecule has 0 unspecified atom stereocenters. The molecule has 30 heavy (non-hydrogen) atoms. The number of hydrogen-bond acceptors (Lipinski definition) is 6. The van der Waals surface area contributed by atoms with Gasteiger partial charge in [0.2, 0.25) is 0 Å². The molecule has 0 spiro atoms. The smallest absolute Gasteiger partial charge is 0.406 e. The summed E-state index contributed by atoms with van der Waals surface area (Å²) in [5.41, 5.74) is -0.603. The summed E-state index contributed by atoms with van der Waals surface area (Å²) < 4.78 is 44.1. The van der Waals surface area contributed by atoms with Gasteiger partial charge in [-0.3, -0.25) is 14.9 Å². The Hall–Kier alpha value is -3.50. The van der Waals surface area contributed by atoms with E-state index in [-0.39, 0.29) is 29.1 Å². The minimum atomic E-state index is -4.74. The fourth-order valence-electron chi connectivity index (χ4n) is 2.71. The summed E-state index contributed by atoms with van der Waals surface area (Å²) in [6.07, 6.45) is -4.74. The zero-order valence-electron chi connectivity index (χ0n) is 16.1. The van der Waals surface area contributed by atoms with Gasteiger partial charge in [0.1, 0.15) is 12.2 Å². The highest BCUT2D eigenvalue weighted by Crippen LogP contribution is 2.24. The van der Waals surface area contributed by atoms with E-state index in [1.165, 1.54) is 31.2 Å². The van der Waals surface area contributed by atoms with Crippen molar-refractivity contribution in [2.45, 2.75) is 26.6 Å². The van der Waals surface area contributed by atoms with Crippen molar-refractivity contribution in [1.29, 1.82) is 0 Å². The zero-order chi connectivity index (χ0) is 22.5. The van der Waals surface area contributed by atoms with Crippen LogP contribution < -0.4 is 0 Å². The second kappa shape index (κ2) is 9.33. The second-order valence-corrected chi connectivity index (χ2v) is 6.21. The van der Waals surface area contributed by atoms with Crippen molar-refractivity contribution >= 4 is 17.6 Å². The van der Waals surface area contributed by atoms with E-state index in [9.17, 15) is 32.9 Å². The molecule has 1 aromatic carbocycles. The second-order valence-electron chi connectivity index (χ2n) is 6.21. The molecule has 1 amide bonds. The first-order valence-corrected chi connectivity index (χ1v) is 8.76. The molecular formula is C19H18F3N3O5. The van der Waals surface area contributed by atoms with Crippen LogP contribution in [0, 0.1) is 17.0 Å². The SMILES string of the molecule is CCOC(=O)c1ccc(C(=O)N(Cc2ccccc2[N+](=O)[O-])CC(F)(F)F)nc1C. The molecule has 0 atom stereocenters. The minimum Gasteiger partial charge on any atom is -0.462 e. The summed E-state index contributed by atoms with van der Waals surface area (Å²) in [4.78, 5) is 39.4. The van der Waals surface area contributed by atoms with Crippen LogP contribution in [0.15, 0.2) is 36.4 Å². The van der Waals surface area contributed by atoms with Gasteiger partial charge in [-0.1, -0.05) is 18.2 Å². The highest BCUT2D eigenvalue weighted by Gasteiger charge is 2.35. The molecule has 1 heterocycles. The number of benzene rings is 1. The van der Waals surface area contributed by atoms with E-state index in [2.05, 4.69) is 4.98 Å². The Bertz CT molecular complexity index is 963. The van der Waals surface area contributed by atoms with Gasteiger partial charge in [-0.05, 0) is 26.0 Å². The lowest BCUT2D eigenvalue weighted by atomic mass is 10.1. The van der Waals surface area contributed by atoms with Gasteiger partial charge in [0.05, 0.1) is 29.3 Å². The molecule has 11 heteroatoms. The van der Waals surface area contributed by atoms with Gasteiger partial charge >= 0.3 is 12.1 Å². The average molecular weight is 425 g/mol. The number of para-hydroxylation sites is 1. The maximum absolute atomic E-state index is 13.1. The molecular weight excluding hydrogens is 407 g/mol. The number of carbonyl (C=O) groups excluding carboxylic acids is 2. The molecule has 0 radical (unpaired) electrons. The standard InChI is InChI=1S/C19H18F3N3O5/c1-3-30-18(27)14-8-9-15(23-12(14)2)17(26)24(11-19(20,21)22)10-13-6-4-5-7-16(13)25(28)29/h4-9H,3,10-11H2,1-2H3. The first kappa shape index (κ1) is 22.8. The maximum atomic E-state index is 13.1. The topological polar surface area (TPSA) is 103 Å². The molecule has 0 saturated heterocycles. The molecule has 0 bridgehead atoms. The predicted molar refractivity (Wildman–Crippen MR) is 98.8 cm³/mol. The van der Waals surface area contributed by atoms with Gasteiger partial charge in [0.15, 0.2) is 0 Å². The van der Waals surface area contributed by atoms with Gasteiger partial charge in [0, 0.05) is 11.6 Å². The molecule has 0 fully saturated rings. The molecule has 0 N–H and O–H groups in total. The molecule has 8 nitrogen and oxygen atoms in total. The largest absolute Gasteiger partial charge is 0.462 e. The fraction of sp³-hybridized carbons (Fsp3) is 0.316. The van der Waals surface area contributed by atoms with Crippen molar-refractivity contribution in [2.75, 3.05) is 13.2 Å². The number of halogens is 3. The van der Waals surface area contributed by atoms with E-state index in [0.29, 0.717) is 4.90 Å². The number of alkyl halides is 3. The molecule has 160 valence electrons. The lowest BCUT2D eigenvalue weighted by Crippen LogP contribution is -2.39. The Labute approximate surface area is 169 Å². The maximum Gasteiger partial charge on any atom is 0.406 e. The van der Waals surface area contributed by atoms with Crippen LogP contribution in [-0.2, 0) is 11.3 Å². The zero-order valence-corrected chi connectivity index (χ0v) is 16.1. The number of pyridine rings is 1. The number of esters is 1. The van der Waals surface area contributed by atoms with Crippen LogP contribution in [0.1, 0.15) is 39.0 Å². The first-order chi connectivity index (χ1) is 14.0. The minimum absolute atomic E-state index is 0.0556. The van der Waals surface area contributed by atoms with E-state index in [1.54, 1.807) is 6.92 Å². The lowest BCUT2D eigenvalue weighted by molar-refractivity contribution is -0.385. The number of aryl methyl sites for hydroxylation is 1. The van der Waals surface area contributed by atoms with E-state index in [0.717, 1.165) is 12.1 Å². The molecule has 0 saturated carbocycles. The summed E-state index contributed by atoms with van der Waals surface area (Å²) in [5, 5.41) is 11.2. The lowest BCUT2D eigenvalue weighted by Gasteiger charge is -2.24. The van der Waals surface area contributed by atoms with Gasteiger partial charge in [-0.15, -0.1) is 0 Å². The van der Waals surface area contributed by atoms with Crippen molar-refractivity contribution in [3.05, 3.63) is 69.0 Å². The number of ether oxygens (including phenoxy) is 1. The Balaban J connectivity index is 2.38. The number of nitro benzene ring substituents is 1. The van der Waals surface area contributed by atoms with E-state index in [4.69, 9.17) is 4.74 Å². The quantitative estimate of drug-likeness (QED) is 0.381. The van der Waals surface area contributed by atoms with Crippen molar-refractivity contribution in [3.8, 4) is 0 Å². The summed E-state index contributed by atoms with van der Waals surface area (Å²) >= 11 is 0. The third-order valence-electron chi connectivity index (χ3n) is 4.01. The third-order valence-corrected chi connectivity index (χ3v) is 4.01. The van der Waals surface area contributed by atoms with Crippen LogP contribution in [-0.4, -0.2) is 46.0 Å². The number of rotatable bonds is 7. The summed E-state index contributed by atoms with van der Waals surface area (Å²) in [6, 6.07) is 7.57. The molecule has 0 aliphatic heterocycles. The highest BCUT2D eigenvalue weighted by molar-refractivity contribution is 5.95. The van der Waals surface area contributed by atoms with Crippen LogP contribution in [0.3, 0.4) is 0 Å². The molecule has 0 aliphatic carbocycles. The van der Waals surface area contributed by atoms with Crippen molar-refractivity contribution in [1.82, 2.24) is 9.88 Å². The number of hydrogen-bond donors (Lipinski definition) is 0. The van der Waals surface area contributed by atoms with Gasteiger partial charge in [-0.25, -0.2) is 9.78 Å². The van der Waals surface area contributed by atoms with Crippen molar-refractivity contribution < 1.29 is 32.4 Å². The van der Waals surface area contributed by atoms with Crippen LogP contribution >= 0.6 is 0 Å². The monoisotopic (exact) mass is 425 g/mol. The fourth-order valence-corrected chi connectivity index (χ4v) is 2.71. The summed E-state index contributed by atoms with van der Waals surface area (Å²) in [5.74, 6) is -1.75. The Morgan fingerprint density at radius 1 is 1.20 bits per heavy atom. The molecule has 1 aromatic heterocycles. The molecule has 2 rings (SSSR count). The van der Waals surface area contributed by atoms with Gasteiger partial charge < -0.3 is 9.64 Å². The molecule has 0 aliphatic rings. The number of carbonyl (C=O) groups is 2. The normalized spacial score (nSPS) is 11.1. The summed E-state index contributed by atoms with van der Waals surface area (Å²) in [7, 11) is 0. The average Bonchev–Trinajstić information content (AvgIpc) is 2.66. The van der Waals surface area contributed by atoms with E-state index < -0.39 is 41.8 Å². The predicted octanol–water partition coefficient (Wildman–Crippen LogP) is 3.68. The number of nitrogens with zero attached hydrogens (tertiary/aromatic N) is 3. The van der Waals surface area contributed by atoms with Crippen LogP contribution in [0.2, 0.25) is 0 Å². The van der Waals surface area contributed by atoms with Gasteiger partial charge in [-0.2, -0.15) is 13.2 Å². The van der Waals surface area contributed by atoms with Crippen LogP contribution in [0.4, 0.5) is 18.9 Å². The Morgan fingerprint density at radius 3 is 2.43 bits per heavy atom. The van der Waals surface area contributed by atoms with E-state index in [1.807, 2.05) is 0 Å². The Kier molecular flexibility index (Phi) is 7.09. The highest BCUT2D eigenvalue weighted by atomic mass is 19.4. The molecule has 2 aromatic rings. The first-order valence-electron chi connectivity index (χ1n) is 8.76. The Morgan fingerprint density at radius 2 is 1.87 bits per heavy atom. The number of nitro groups is 1. The van der Waals surface area contributed by atoms with Crippen LogP contribution in [0.5, 0.6) is 0 Å². The van der Waals surface area contributed by atoms with Gasteiger partial charge in [0.25, 0.3) is 11.6 Å². The van der Waals surface area contributed by atoms with Crippen LogP contribution in [0.25, 0.3) is 0 Å². The van der Waals surface area contributed by atoms with Crippen molar-refractivity contribution in [2.24, 2.45) is 0 Å². The number of amides is 1. The number of aromatic nitrogens is 1. The summed E-state index contributed by atoms with van der Waals surface area (Å²) in [6.45, 7) is 0.873. The van der Waals surface area contributed by atoms with E-state index >= 15 is 0 Å².